The van der Waals surface area contributed by atoms with E-state index in [1.54, 1.807) is 6.33 Å². The maximum Gasteiger partial charge on any atom is 0.293 e. The number of nitro benzene ring substituents is 1. The molecule has 164 valence electrons. The molecule has 1 atom stereocenters. The number of nitro groups is 1. The molecule has 0 spiro atoms. The number of aromatic nitrogens is 3. The smallest absolute Gasteiger partial charge is 0.293 e. The molecule has 1 aromatic carbocycles. The highest BCUT2D eigenvalue weighted by atomic mass is 32.2. The van der Waals surface area contributed by atoms with Crippen molar-refractivity contribution in [3.05, 3.63) is 40.5 Å². The number of nitrogens with one attached hydrogen (secondary N) is 1. The normalized spacial score (nSPS) is 17.9. The lowest BCUT2D eigenvalue weighted by atomic mass is 10.0. The van der Waals surface area contributed by atoms with Crippen LogP contribution >= 0.6 is 0 Å². The highest BCUT2D eigenvalue weighted by Gasteiger charge is 2.30. The SMILES string of the molecule is CC(C)c1nncn1CCNc1ccc(S(=O)(=O)N2CCC[C@@H](C)C2)cc1[N+](=O)[O-]. The van der Waals surface area contributed by atoms with Crippen molar-refractivity contribution in [2.24, 2.45) is 5.92 Å². The second kappa shape index (κ2) is 9.09. The third kappa shape index (κ3) is 4.78. The van der Waals surface area contributed by atoms with Crippen molar-refractivity contribution in [1.29, 1.82) is 0 Å². The van der Waals surface area contributed by atoms with E-state index in [9.17, 15) is 18.5 Å². The summed E-state index contributed by atoms with van der Waals surface area (Å²) in [7, 11) is -3.76. The number of benzene rings is 1. The van der Waals surface area contributed by atoms with Gasteiger partial charge in [-0.3, -0.25) is 10.1 Å². The fourth-order valence-corrected chi connectivity index (χ4v) is 5.30. The Kier molecular flexibility index (Phi) is 6.71. The maximum absolute atomic E-state index is 13.0. The predicted octanol–water partition coefficient (Wildman–Crippen LogP) is 2.84. The molecule has 0 bridgehead atoms. The van der Waals surface area contributed by atoms with Gasteiger partial charge in [0.1, 0.15) is 17.8 Å². The quantitative estimate of drug-likeness (QED) is 0.498. The highest BCUT2D eigenvalue weighted by Crippen LogP contribution is 2.30. The Morgan fingerprint density at radius 1 is 1.37 bits per heavy atom. The molecule has 1 saturated heterocycles. The zero-order chi connectivity index (χ0) is 21.9. The molecule has 0 saturated carbocycles. The minimum Gasteiger partial charge on any atom is -0.378 e. The molecule has 10 nitrogen and oxygen atoms in total. The lowest BCUT2D eigenvalue weighted by Crippen LogP contribution is -2.39. The first kappa shape index (κ1) is 22.2. The van der Waals surface area contributed by atoms with Gasteiger partial charge in [-0.25, -0.2) is 8.42 Å². The summed E-state index contributed by atoms with van der Waals surface area (Å²) in [6.45, 7) is 7.86. The molecule has 0 amide bonds. The zero-order valence-corrected chi connectivity index (χ0v) is 18.3. The predicted molar refractivity (Wildman–Crippen MR) is 113 cm³/mol. The van der Waals surface area contributed by atoms with E-state index in [-0.39, 0.29) is 28.1 Å². The first-order valence-electron chi connectivity index (χ1n) is 10.1. The molecular formula is C19H28N6O4S. The van der Waals surface area contributed by atoms with E-state index in [0.29, 0.717) is 26.2 Å². The van der Waals surface area contributed by atoms with Crippen LogP contribution in [0.25, 0.3) is 0 Å². The van der Waals surface area contributed by atoms with Gasteiger partial charge in [0.15, 0.2) is 0 Å². The van der Waals surface area contributed by atoms with Gasteiger partial charge in [0, 0.05) is 38.2 Å². The Balaban J connectivity index is 1.76. The summed E-state index contributed by atoms with van der Waals surface area (Å²) in [6.07, 6.45) is 3.41. The monoisotopic (exact) mass is 436 g/mol. The Morgan fingerprint density at radius 2 is 2.13 bits per heavy atom. The van der Waals surface area contributed by atoms with Crippen molar-refractivity contribution in [2.45, 2.75) is 51.0 Å². The maximum atomic E-state index is 13.0. The first-order chi connectivity index (χ1) is 14.2. The summed E-state index contributed by atoms with van der Waals surface area (Å²) in [6, 6.07) is 4.05. The third-order valence-corrected chi connectivity index (χ3v) is 7.11. The molecule has 2 aromatic rings. The molecule has 1 N–H and O–H groups in total. The summed E-state index contributed by atoms with van der Waals surface area (Å²) in [5.41, 5.74) is 0.0269. The second-order valence-electron chi connectivity index (χ2n) is 8.01. The van der Waals surface area contributed by atoms with Gasteiger partial charge in [-0.15, -0.1) is 10.2 Å². The summed E-state index contributed by atoms with van der Waals surface area (Å²) in [5.74, 6) is 1.32. The van der Waals surface area contributed by atoms with Crippen LogP contribution in [0.2, 0.25) is 0 Å². The number of anilines is 1. The van der Waals surface area contributed by atoms with Crippen molar-refractivity contribution in [2.75, 3.05) is 25.0 Å². The molecule has 11 heteroatoms. The summed E-state index contributed by atoms with van der Waals surface area (Å²) < 4.78 is 29.2. The molecule has 2 heterocycles. The van der Waals surface area contributed by atoms with Gasteiger partial charge < -0.3 is 9.88 Å². The highest BCUT2D eigenvalue weighted by molar-refractivity contribution is 7.89. The molecule has 1 fully saturated rings. The van der Waals surface area contributed by atoms with Crippen LogP contribution in [0.1, 0.15) is 45.4 Å². The summed E-state index contributed by atoms with van der Waals surface area (Å²) >= 11 is 0. The van der Waals surface area contributed by atoms with Gasteiger partial charge in [0.25, 0.3) is 5.69 Å². The fourth-order valence-electron chi connectivity index (χ4n) is 3.68. The van der Waals surface area contributed by atoms with E-state index in [2.05, 4.69) is 15.5 Å². The third-order valence-electron chi connectivity index (χ3n) is 5.25. The van der Waals surface area contributed by atoms with Crippen molar-refractivity contribution >= 4 is 21.4 Å². The van der Waals surface area contributed by atoms with Gasteiger partial charge in [-0.05, 0) is 30.9 Å². The van der Waals surface area contributed by atoms with Crippen molar-refractivity contribution in [1.82, 2.24) is 19.1 Å². The Morgan fingerprint density at radius 3 is 2.80 bits per heavy atom. The van der Waals surface area contributed by atoms with E-state index in [1.165, 1.54) is 16.4 Å². The molecular weight excluding hydrogens is 408 g/mol. The van der Waals surface area contributed by atoms with Crippen LogP contribution in [0.5, 0.6) is 0 Å². The number of nitrogens with zero attached hydrogens (tertiary/aromatic N) is 5. The lowest BCUT2D eigenvalue weighted by molar-refractivity contribution is -0.384. The van der Waals surface area contributed by atoms with Crippen molar-refractivity contribution in [3.8, 4) is 0 Å². The van der Waals surface area contributed by atoms with E-state index >= 15 is 0 Å². The average Bonchev–Trinajstić information content (AvgIpc) is 3.17. The summed E-state index contributed by atoms with van der Waals surface area (Å²) in [5, 5.41) is 22.6. The molecule has 30 heavy (non-hydrogen) atoms. The van der Waals surface area contributed by atoms with Crippen molar-refractivity contribution in [3.63, 3.8) is 0 Å². The molecule has 0 radical (unpaired) electrons. The fraction of sp³-hybridized carbons (Fsp3) is 0.579. The van der Waals surface area contributed by atoms with E-state index < -0.39 is 14.9 Å². The van der Waals surface area contributed by atoms with Crippen LogP contribution in [-0.4, -0.2) is 52.0 Å². The number of hydrogen-bond acceptors (Lipinski definition) is 7. The van der Waals surface area contributed by atoms with E-state index in [0.717, 1.165) is 24.7 Å². The molecule has 0 aliphatic carbocycles. The largest absolute Gasteiger partial charge is 0.378 e. The minimum absolute atomic E-state index is 0.0465. The minimum atomic E-state index is -3.76. The molecule has 3 rings (SSSR count). The van der Waals surface area contributed by atoms with Crippen LogP contribution < -0.4 is 5.32 Å². The number of rotatable bonds is 8. The van der Waals surface area contributed by atoms with Gasteiger partial charge in [0.05, 0.1) is 9.82 Å². The lowest BCUT2D eigenvalue weighted by Gasteiger charge is -2.30. The van der Waals surface area contributed by atoms with Gasteiger partial charge in [-0.2, -0.15) is 4.31 Å². The van der Waals surface area contributed by atoms with Crippen molar-refractivity contribution < 1.29 is 13.3 Å². The van der Waals surface area contributed by atoms with Gasteiger partial charge in [0.2, 0.25) is 10.0 Å². The second-order valence-corrected chi connectivity index (χ2v) is 9.95. The van der Waals surface area contributed by atoms with Crippen LogP contribution in [0.4, 0.5) is 11.4 Å². The average molecular weight is 437 g/mol. The zero-order valence-electron chi connectivity index (χ0n) is 17.5. The standard InChI is InChI=1S/C19H28N6O4S/c1-14(2)19-22-21-13-23(19)10-8-20-17-7-6-16(11-18(17)25(26)27)30(28,29)24-9-4-5-15(3)12-24/h6-7,11,13-15,20H,4-5,8-10,12H2,1-3H3/t15-/m1/s1. The van der Waals surface area contributed by atoms with E-state index in [4.69, 9.17) is 0 Å². The number of hydrogen-bond donors (Lipinski definition) is 1. The van der Waals surface area contributed by atoms with Crippen LogP contribution in [0, 0.1) is 16.0 Å². The van der Waals surface area contributed by atoms with E-state index in [1.807, 2.05) is 25.3 Å². The Hall–Kier alpha value is -2.53. The Labute approximate surface area is 176 Å². The topological polar surface area (TPSA) is 123 Å². The Bertz CT molecular complexity index is 1000. The number of sulfonamides is 1. The molecule has 1 aliphatic heterocycles. The van der Waals surface area contributed by atoms with Crippen LogP contribution in [0.3, 0.4) is 0 Å². The summed E-state index contributed by atoms with van der Waals surface area (Å²) in [4.78, 5) is 11.0. The molecule has 1 aliphatic rings. The van der Waals surface area contributed by atoms with Gasteiger partial charge >= 0.3 is 0 Å². The molecule has 0 unspecified atom stereocenters. The van der Waals surface area contributed by atoms with Gasteiger partial charge in [-0.1, -0.05) is 20.8 Å². The molecule has 1 aromatic heterocycles. The van der Waals surface area contributed by atoms with Crippen LogP contribution in [-0.2, 0) is 16.6 Å². The van der Waals surface area contributed by atoms with Crippen LogP contribution in [0.15, 0.2) is 29.4 Å². The first-order valence-corrected chi connectivity index (χ1v) is 11.5. The number of piperidine rings is 1.